The second-order valence-corrected chi connectivity index (χ2v) is 6.97. The van der Waals surface area contributed by atoms with E-state index in [2.05, 4.69) is 20.3 Å². The predicted molar refractivity (Wildman–Crippen MR) is 105 cm³/mol. The van der Waals surface area contributed by atoms with Gasteiger partial charge >= 0.3 is 0 Å². The predicted octanol–water partition coefficient (Wildman–Crippen LogP) is 2.94. The Balaban J connectivity index is 1.61. The molecular weight excluding hydrogens is 394 g/mol. The molecule has 4 rings (SSSR count). The minimum Gasteiger partial charge on any atom is -0.338 e. The van der Waals surface area contributed by atoms with Crippen molar-refractivity contribution < 1.29 is 13.6 Å². The number of hydrogen-bond acceptors (Lipinski definition) is 5. The summed E-state index contributed by atoms with van der Waals surface area (Å²) in [6.45, 7) is 0.0465. The van der Waals surface area contributed by atoms with E-state index in [9.17, 15) is 13.6 Å². The van der Waals surface area contributed by atoms with Crippen LogP contribution in [0.2, 0.25) is 0 Å². The van der Waals surface area contributed by atoms with Crippen LogP contribution in [0.5, 0.6) is 0 Å². The lowest BCUT2D eigenvalue weighted by atomic mass is 10.1. The molecule has 3 aromatic heterocycles. The van der Waals surface area contributed by atoms with Gasteiger partial charge < -0.3 is 10.7 Å². The SMILES string of the molecule is N=C(N=NN)c1cncc(-n2ccc3cc(C(=O)N4CCC(F)(F)CC4)cnc32)c1. The quantitative estimate of drug-likeness (QED) is 0.225. The lowest BCUT2D eigenvalue weighted by molar-refractivity contribution is -0.0494. The van der Waals surface area contributed by atoms with Gasteiger partial charge in [0.05, 0.1) is 17.4 Å². The highest BCUT2D eigenvalue weighted by atomic mass is 19.3. The van der Waals surface area contributed by atoms with Gasteiger partial charge in [-0.05, 0) is 18.2 Å². The number of carbonyl (C=O) groups is 1. The summed E-state index contributed by atoms with van der Waals surface area (Å²) in [5.74, 6) is 1.85. The van der Waals surface area contributed by atoms with Crippen LogP contribution < -0.4 is 5.84 Å². The molecule has 9 nitrogen and oxygen atoms in total. The zero-order valence-electron chi connectivity index (χ0n) is 15.8. The van der Waals surface area contributed by atoms with Crippen LogP contribution in [0.25, 0.3) is 16.7 Å². The molecule has 0 aromatic carbocycles. The third-order valence-electron chi connectivity index (χ3n) is 4.99. The third kappa shape index (κ3) is 3.73. The van der Waals surface area contributed by atoms with Gasteiger partial charge in [0.25, 0.3) is 11.8 Å². The minimum atomic E-state index is -2.71. The first-order valence-corrected chi connectivity index (χ1v) is 9.17. The zero-order chi connectivity index (χ0) is 21.3. The van der Waals surface area contributed by atoms with Crippen molar-refractivity contribution in [3.63, 3.8) is 0 Å². The number of nitrogens with two attached hydrogens (primary N) is 1. The number of halogens is 2. The van der Waals surface area contributed by atoms with Gasteiger partial charge in [-0.2, -0.15) is 0 Å². The molecule has 1 aliphatic rings. The van der Waals surface area contributed by atoms with Crippen molar-refractivity contribution in [1.29, 1.82) is 5.41 Å². The highest BCUT2D eigenvalue weighted by Crippen LogP contribution is 2.29. The summed E-state index contributed by atoms with van der Waals surface area (Å²) in [4.78, 5) is 22.6. The molecule has 1 fully saturated rings. The van der Waals surface area contributed by atoms with E-state index in [1.54, 1.807) is 35.2 Å². The van der Waals surface area contributed by atoms with Gasteiger partial charge in [0, 0.05) is 55.5 Å². The molecule has 30 heavy (non-hydrogen) atoms. The van der Waals surface area contributed by atoms with E-state index in [0.717, 1.165) is 0 Å². The highest BCUT2D eigenvalue weighted by Gasteiger charge is 2.35. The van der Waals surface area contributed by atoms with E-state index in [1.165, 1.54) is 17.3 Å². The Labute approximate surface area is 169 Å². The molecule has 0 saturated carbocycles. The fourth-order valence-corrected chi connectivity index (χ4v) is 3.37. The Morgan fingerprint density at radius 2 is 1.93 bits per heavy atom. The second-order valence-electron chi connectivity index (χ2n) is 6.97. The summed E-state index contributed by atoms with van der Waals surface area (Å²) in [5, 5.41) is 15.1. The number of carbonyl (C=O) groups excluding carboxylic acids is 1. The number of nitrogens with one attached hydrogen (secondary N) is 1. The van der Waals surface area contributed by atoms with Crippen molar-refractivity contribution in [3.8, 4) is 5.69 Å². The maximum absolute atomic E-state index is 13.3. The molecular formula is C19H18F2N8O. The van der Waals surface area contributed by atoms with Crippen LogP contribution >= 0.6 is 0 Å². The molecule has 4 heterocycles. The van der Waals surface area contributed by atoms with Gasteiger partial charge in [-0.25, -0.2) is 13.8 Å². The molecule has 0 atom stereocenters. The molecule has 3 aromatic rings. The number of amidine groups is 1. The van der Waals surface area contributed by atoms with Gasteiger partial charge in [-0.3, -0.25) is 19.8 Å². The number of likely N-dealkylation sites (tertiary alicyclic amines) is 1. The van der Waals surface area contributed by atoms with E-state index in [4.69, 9.17) is 11.3 Å². The average Bonchev–Trinajstić information content (AvgIpc) is 3.17. The van der Waals surface area contributed by atoms with Crippen LogP contribution in [0.3, 0.4) is 0 Å². The second kappa shape index (κ2) is 7.58. The molecule has 0 radical (unpaired) electrons. The Bertz CT molecular complexity index is 1150. The lowest BCUT2D eigenvalue weighted by Gasteiger charge is -2.31. The summed E-state index contributed by atoms with van der Waals surface area (Å²) in [6, 6.07) is 5.18. The standard InChI is InChI=1S/C19H18F2N8O/c20-19(21)2-5-28(6-3-19)18(30)14-7-12-1-4-29(17(12)25-10-14)15-8-13(9-24-11-15)16(22)26-27-23/h1,4,7-11H,2-3,5-6H2,(H3,22,23,26). The molecule has 1 saturated heterocycles. The van der Waals surface area contributed by atoms with Gasteiger partial charge in [0.1, 0.15) is 5.65 Å². The van der Waals surface area contributed by atoms with Crippen LogP contribution in [-0.4, -0.2) is 50.2 Å². The highest BCUT2D eigenvalue weighted by molar-refractivity contribution is 5.98. The number of nitrogens with zero attached hydrogens (tertiary/aromatic N) is 6. The lowest BCUT2D eigenvalue weighted by Crippen LogP contribution is -2.42. The average molecular weight is 412 g/mol. The molecule has 154 valence electrons. The molecule has 1 amide bonds. The zero-order valence-corrected chi connectivity index (χ0v) is 15.8. The fourth-order valence-electron chi connectivity index (χ4n) is 3.37. The van der Waals surface area contributed by atoms with Crippen LogP contribution in [-0.2, 0) is 0 Å². The van der Waals surface area contributed by atoms with Crippen molar-refractivity contribution in [1.82, 2.24) is 19.4 Å². The fraction of sp³-hybridized carbons (Fsp3) is 0.263. The van der Waals surface area contributed by atoms with Crippen molar-refractivity contribution in [2.45, 2.75) is 18.8 Å². The van der Waals surface area contributed by atoms with Gasteiger partial charge in [-0.1, -0.05) is 5.22 Å². The molecule has 0 spiro atoms. The molecule has 0 aliphatic carbocycles. The Kier molecular flexibility index (Phi) is 4.94. The van der Waals surface area contributed by atoms with Gasteiger partial charge in [0.2, 0.25) is 0 Å². The smallest absolute Gasteiger partial charge is 0.255 e. The van der Waals surface area contributed by atoms with Crippen molar-refractivity contribution in [2.75, 3.05) is 13.1 Å². The first-order valence-electron chi connectivity index (χ1n) is 9.17. The summed E-state index contributed by atoms with van der Waals surface area (Å²) in [7, 11) is 0. The number of aromatic nitrogens is 3. The van der Waals surface area contributed by atoms with Crippen LogP contribution in [0, 0.1) is 5.41 Å². The van der Waals surface area contributed by atoms with Crippen LogP contribution in [0.4, 0.5) is 8.78 Å². The maximum Gasteiger partial charge on any atom is 0.255 e. The van der Waals surface area contributed by atoms with E-state index >= 15 is 0 Å². The minimum absolute atomic E-state index is 0.0233. The number of fused-ring (bicyclic) bond motifs is 1. The first kappa shape index (κ1) is 19.6. The van der Waals surface area contributed by atoms with E-state index in [0.29, 0.717) is 27.8 Å². The van der Waals surface area contributed by atoms with Crippen molar-refractivity contribution in [3.05, 3.63) is 54.1 Å². The number of rotatable bonds is 3. The summed E-state index contributed by atoms with van der Waals surface area (Å²) in [6.07, 6.45) is 5.63. The Hall–Kier alpha value is -3.76. The molecule has 11 heteroatoms. The van der Waals surface area contributed by atoms with E-state index in [-0.39, 0.29) is 37.7 Å². The van der Waals surface area contributed by atoms with Crippen molar-refractivity contribution >= 4 is 22.8 Å². The number of pyridine rings is 2. The van der Waals surface area contributed by atoms with Crippen LogP contribution in [0.1, 0.15) is 28.8 Å². The topological polar surface area (TPSA) is 126 Å². The Morgan fingerprint density at radius 3 is 2.67 bits per heavy atom. The Morgan fingerprint density at radius 1 is 1.17 bits per heavy atom. The van der Waals surface area contributed by atoms with Gasteiger partial charge in [-0.15, -0.1) is 5.11 Å². The number of alkyl halides is 2. The molecule has 0 bridgehead atoms. The number of amides is 1. The summed E-state index contributed by atoms with van der Waals surface area (Å²) >= 11 is 0. The van der Waals surface area contributed by atoms with Gasteiger partial charge in [0.15, 0.2) is 5.84 Å². The van der Waals surface area contributed by atoms with Crippen LogP contribution in [0.15, 0.2) is 53.3 Å². The number of piperidine rings is 1. The number of hydrogen-bond donors (Lipinski definition) is 2. The third-order valence-corrected chi connectivity index (χ3v) is 4.99. The normalized spacial score (nSPS) is 16.3. The maximum atomic E-state index is 13.3. The molecule has 3 N–H and O–H groups in total. The molecule has 1 aliphatic heterocycles. The summed E-state index contributed by atoms with van der Waals surface area (Å²) in [5.41, 5.74) is 2.01. The van der Waals surface area contributed by atoms with E-state index < -0.39 is 5.92 Å². The summed E-state index contributed by atoms with van der Waals surface area (Å²) < 4.78 is 28.5. The monoisotopic (exact) mass is 412 g/mol. The first-order chi connectivity index (χ1) is 14.4. The van der Waals surface area contributed by atoms with E-state index in [1.807, 2.05) is 0 Å². The van der Waals surface area contributed by atoms with Crippen molar-refractivity contribution in [2.24, 2.45) is 16.2 Å². The largest absolute Gasteiger partial charge is 0.338 e. The molecule has 0 unspecified atom stereocenters.